The van der Waals surface area contributed by atoms with Crippen LogP contribution in [0.3, 0.4) is 0 Å². The molecule has 0 aliphatic carbocycles. The molecule has 0 radical (unpaired) electrons. The molecule has 0 aliphatic heterocycles. The van der Waals surface area contributed by atoms with E-state index in [-0.39, 0.29) is 12.4 Å². The second kappa shape index (κ2) is 3.18. The number of aromatic amines is 1. The molecule has 1 nitrogen and oxygen atoms in total. The third kappa shape index (κ3) is 2.06. The van der Waals surface area contributed by atoms with Gasteiger partial charge in [-0.3, -0.25) is 0 Å². The average Bonchev–Trinajstić information content (AvgIpc) is 1.86. The van der Waals surface area contributed by atoms with Crippen LogP contribution in [0.1, 0.15) is 0 Å². The van der Waals surface area contributed by atoms with Crippen molar-refractivity contribution in [3.63, 3.8) is 0 Å². The number of nitrogens with one attached hydrogen (secondary N) is 1. The molecule has 4 heteroatoms. The smallest absolute Gasteiger partial charge is 0.158 e. The van der Waals surface area contributed by atoms with Gasteiger partial charge in [-0.05, 0) is 12.2 Å². The SMILES string of the molecule is Cl.S=c1[nH]ccs1. The van der Waals surface area contributed by atoms with E-state index in [1.165, 1.54) is 11.3 Å². The van der Waals surface area contributed by atoms with Gasteiger partial charge >= 0.3 is 0 Å². The van der Waals surface area contributed by atoms with E-state index in [0.717, 1.165) is 3.95 Å². The molecule has 0 atom stereocenters. The Labute approximate surface area is 56.8 Å². The van der Waals surface area contributed by atoms with Crippen molar-refractivity contribution in [2.75, 3.05) is 0 Å². The third-order valence-electron chi connectivity index (χ3n) is 0.444. The predicted octanol–water partition coefficient (Wildman–Crippen LogP) is 2.23. The van der Waals surface area contributed by atoms with Crippen LogP contribution in [0.5, 0.6) is 0 Å². The van der Waals surface area contributed by atoms with Gasteiger partial charge in [-0.25, -0.2) is 0 Å². The molecule has 0 unspecified atom stereocenters. The van der Waals surface area contributed by atoms with E-state index in [0.29, 0.717) is 0 Å². The lowest BCUT2D eigenvalue weighted by atomic mass is 11.0. The van der Waals surface area contributed by atoms with Crippen molar-refractivity contribution in [3.8, 4) is 0 Å². The van der Waals surface area contributed by atoms with Gasteiger partial charge in [-0.15, -0.1) is 23.7 Å². The largest absolute Gasteiger partial charge is 0.344 e. The lowest BCUT2D eigenvalue weighted by molar-refractivity contribution is 1.40. The van der Waals surface area contributed by atoms with Gasteiger partial charge in [-0.1, -0.05) is 0 Å². The minimum atomic E-state index is 0. The lowest BCUT2D eigenvalue weighted by Gasteiger charge is -1.53. The third-order valence-corrected chi connectivity index (χ3v) is 1.45. The Morgan fingerprint density at radius 3 is 2.57 bits per heavy atom. The standard InChI is InChI=1S/C3H3NS2.ClH/c5-3-4-1-2-6-3;/h1-2H,(H,4,5);1H. The lowest BCUT2D eigenvalue weighted by Crippen LogP contribution is -1.45. The molecule has 0 fully saturated rings. The molecule has 0 spiro atoms. The maximum atomic E-state index is 4.71. The highest BCUT2D eigenvalue weighted by molar-refractivity contribution is 7.73. The minimum Gasteiger partial charge on any atom is -0.344 e. The molecule has 0 saturated heterocycles. The normalized spacial score (nSPS) is 7.43. The Balaban J connectivity index is 0.000000360. The monoisotopic (exact) mass is 153 g/mol. The second-order valence-electron chi connectivity index (χ2n) is 0.852. The molecule has 1 aromatic heterocycles. The molecule has 1 N–H and O–H groups in total. The number of thiazole rings is 1. The highest BCUT2D eigenvalue weighted by Gasteiger charge is 1.67. The van der Waals surface area contributed by atoms with Crippen LogP contribution in [0.25, 0.3) is 0 Å². The van der Waals surface area contributed by atoms with Crippen LogP contribution in [-0.2, 0) is 0 Å². The van der Waals surface area contributed by atoms with Crippen molar-refractivity contribution in [2.24, 2.45) is 0 Å². The van der Waals surface area contributed by atoms with Gasteiger partial charge in [0, 0.05) is 11.6 Å². The first-order chi connectivity index (χ1) is 2.89. The molecule has 1 aromatic rings. The molecular formula is C3H4ClNS2. The minimum absolute atomic E-state index is 0. The Kier molecular flexibility index (Phi) is 3.25. The quantitative estimate of drug-likeness (QED) is 0.566. The van der Waals surface area contributed by atoms with Crippen molar-refractivity contribution in [1.29, 1.82) is 0 Å². The maximum Gasteiger partial charge on any atom is 0.158 e. The topological polar surface area (TPSA) is 15.8 Å². The van der Waals surface area contributed by atoms with E-state index in [1.54, 1.807) is 0 Å². The number of aromatic nitrogens is 1. The molecular weight excluding hydrogens is 150 g/mol. The maximum absolute atomic E-state index is 4.71. The highest BCUT2D eigenvalue weighted by Crippen LogP contribution is 1.92. The van der Waals surface area contributed by atoms with Crippen LogP contribution in [0.2, 0.25) is 0 Å². The van der Waals surface area contributed by atoms with E-state index >= 15 is 0 Å². The van der Waals surface area contributed by atoms with Gasteiger partial charge in [0.05, 0.1) is 0 Å². The summed E-state index contributed by atoms with van der Waals surface area (Å²) in [6, 6.07) is 0. The van der Waals surface area contributed by atoms with Crippen LogP contribution in [-0.4, -0.2) is 4.98 Å². The molecule has 40 valence electrons. The summed E-state index contributed by atoms with van der Waals surface area (Å²) in [6.07, 6.45) is 1.83. The van der Waals surface area contributed by atoms with E-state index in [9.17, 15) is 0 Å². The number of H-pyrrole nitrogens is 1. The molecule has 0 saturated carbocycles. The summed E-state index contributed by atoms with van der Waals surface area (Å²) < 4.78 is 0.843. The van der Waals surface area contributed by atoms with Crippen LogP contribution in [0, 0.1) is 3.95 Å². The molecule has 0 bridgehead atoms. The zero-order chi connectivity index (χ0) is 4.41. The summed E-state index contributed by atoms with van der Waals surface area (Å²) >= 11 is 6.25. The van der Waals surface area contributed by atoms with Crippen LogP contribution >= 0.6 is 36.0 Å². The second-order valence-corrected chi connectivity index (χ2v) is 2.44. The highest BCUT2D eigenvalue weighted by atomic mass is 35.5. The number of hydrogen-bond donors (Lipinski definition) is 1. The van der Waals surface area contributed by atoms with Gasteiger partial charge in [0.25, 0.3) is 0 Å². The number of hydrogen-bond acceptors (Lipinski definition) is 2. The summed E-state index contributed by atoms with van der Waals surface area (Å²) in [7, 11) is 0. The van der Waals surface area contributed by atoms with Crippen molar-refractivity contribution in [1.82, 2.24) is 4.98 Å². The Hall–Kier alpha value is 0.140. The van der Waals surface area contributed by atoms with E-state index < -0.39 is 0 Å². The molecule has 1 heterocycles. The molecule has 0 aromatic carbocycles. The number of rotatable bonds is 0. The first kappa shape index (κ1) is 7.14. The Morgan fingerprint density at radius 1 is 1.71 bits per heavy atom. The molecule has 7 heavy (non-hydrogen) atoms. The summed E-state index contributed by atoms with van der Waals surface area (Å²) in [5.74, 6) is 0. The van der Waals surface area contributed by atoms with E-state index in [4.69, 9.17) is 12.2 Å². The Bertz CT molecular complexity index is 151. The molecule has 1 rings (SSSR count). The van der Waals surface area contributed by atoms with Crippen LogP contribution < -0.4 is 0 Å². The van der Waals surface area contributed by atoms with Crippen molar-refractivity contribution in [3.05, 3.63) is 15.5 Å². The van der Waals surface area contributed by atoms with Gasteiger partial charge < -0.3 is 4.98 Å². The van der Waals surface area contributed by atoms with Crippen LogP contribution in [0.4, 0.5) is 0 Å². The fourth-order valence-electron chi connectivity index (χ4n) is 0.232. The van der Waals surface area contributed by atoms with Gasteiger partial charge in [0.15, 0.2) is 3.95 Å². The number of halogens is 1. The average molecular weight is 154 g/mol. The van der Waals surface area contributed by atoms with Crippen molar-refractivity contribution < 1.29 is 0 Å². The summed E-state index contributed by atoms with van der Waals surface area (Å²) in [4.78, 5) is 2.83. The van der Waals surface area contributed by atoms with Gasteiger partial charge in [0.1, 0.15) is 0 Å². The van der Waals surface area contributed by atoms with E-state index in [1.807, 2.05) is 11.6 Å². The summed E-state index contributed by atoms with van der Waals surface area (Å²) in [6.45, 7) is 0. The fourth-order valence-corrected chi connectivity index (χ4v) is 0.862. The fraction of sp³-hybridized carbons (Fsp3) is 0. The van der Waals surface area contributed by atoms with Gasteiger partial charge in [0.2, 0.25) is 0 Å². The first-order valence-corrected chi connectivity index (χ1v) is 2.80. The zero-order valence-electron chi connectivity index (χ0n) is 3.38. The molecule has 0 amide bonds. The predicted molar refractivity (Wildman–Crippen MR) is 36.8 cm³/mol. The summed E-state index contributed by atoms with van der Waals surface area (Å²) in [5, 5.41) is 1.92. The Morgan fingerprint density at radius 2 is 2.43 bits per heavy atom. The molecule has 0 aliphatic rings. The van der Waals surface area contributed by atoms with Gasteiger partial charge in [-0.2, -0.15) is 0 Å². The summed E-state index contributed by atoms with van der Waals surface area (Å²) in [5.41, 5.74) is 0. The zero-order valence-corrected chi connectivity index (χ0v) is 5.83. The van der Waals surface area contributed by atoms with Crippen molar-refractivity contribution >= 4 is 36.0 Å². The van der Waals surface area contributed by atoms with E-state index in [2.05, 4.69) is 4.98 Å². The first-order valence-electron chi connectivity index (χ1n) is 1.52. The van der Waals surface area contributed by atoms with Crippen molar-refractivity contribution in [2.45, 2.75) is 0 Å². The van der Waals surface area contributed by atoms with Crippen LogP contribution in [0.15, 0.2) is 11.6 Å².